The van der Waals surface area contributed by atoms with Gasteiger partial charge in [-0.25, -0.2) is 0 Å². The highest BCUT2D eigenvalue weighted by atomic mass is 16.5. The summed E-state index contributed by atoms with van der Waals surface area (Å²) in [5.41, 5.74) is 0.0186. The van der Waals surface area contributed by atoms with E-state index < -0.39 is 0 Å². The molecule has 0 aromatic heterocycles. The Morgan fingerprint density at radius 2 is 1.83 bits per heavy atom. The molecule has 0 saturated carbocycles. The van der Waals surface area contributed by atoms with Crippen LogP contribution in [0.2, 0.25) is 0 Å². The molecule has 0 aliphatic carbocycles. The molecule has 0 aliphatic heterocycles. The van der Waals surface area contributed by atoms with E-state index in [9.17, 15) is 0 Å². The van der Waals surface area contributed by atoms with Gasteiger partial charge in [0.1, 0.15) is 0 Å². The fraction of sp³-hybridized carbons (Fsp3) is 1.00. The molecule has 0 bridgehead atoms. The van der Waals surface area contributed by atoms with Crippen molar-refractivity contribution in [2.24, 2.45) is 0 Å². The first-order valence-electron chi connectivity index (χ1n) is 4.91. The molecule has 2 heteroatoms. The number of rotatable bonds is 6. The van der Waals surface area contributed by atoms with Crippen LogP contribution in [-0.4, -0.2) is 25.3 Å². The lowest BCUT2D eigenvalue weighted by atomic mass is 10.2. The van der Waals surface area contributed by atoms with Gasteiger partial charge < -0.3 is 10.1 Å². The average Bonchev–Trinajstić information content (AvgIpc) is 1.94. The van der Waals surface area contributed by atoms with Gasteiger partial charge in [-0.15, -0.1) is 0 Å². The van der Waals surface area contributed by atoms with Crippen LogP contribution in [0.5, 0.6) is 0 Å². The summed E-state index contributed by atoms with van der Waals surface area (Å²) in [7, 11) is 0. The summed E-state index contributed by atoms with van der Waals surface area (Å²) >= 11 is 0. The molecule has 2 nitrogen and oxygen atoms in total. The molecular weight excluding hydrogens is 150 g/mol. The summed E-state index contributed by atoms with van der Waals surface area (Å²) in [4.78, 5) is 0. The second-order valence-corrected chi connectivity index (χ2v) is 4.06. The Labute approximate surface area is 76.7 Å². The molecule has 0 atom stereocenters. The van der Waals surface area contributed by atoms with Crippen LogP contribution in [0.3, 0.4) is 0 Å². The zero-order valence-corrected chi connectivity index (χ0v) is 8.94. The van der Waals surface area contributed by atoms with Crippen molar-refractivity contribution < 1.29 is 4.74 Å². The Morgan fingerprint density at radius 3 is 2.33 bits per heavy atom. The summed E-state index contributed by atoms with van der Waals surface area (Å²) in [6.45, 7) is 11.5. The maximum absolute atomic E-state index is 5.57. The van der Waals surface area contributed by atoms with Crippen molar-refractivity contribution in [3.63, 3.8) is 0 Å². The van der Waals surface area contributed by atoms with E-state index in [-0.39, 0.29) is 5.60 Å². The molecule has 12 heavy (non-hydrogen) atoms. The Kier molecular flexibility index (Phi) is 6.39. The Bertz CT molecular complexity index is 96.5. The molecule has 0 saturated heterocycles. The van der Waals surface area contributed by atoms with Crippen molar-refractivity contribution in [2.75, 3.05) is 19.7 Å². The van der Waals surface area contributed by atoms with Crippen molar-refractivity contribution in [3.8, 4) is 0 Å². The number of nitrogens with one attached hydrogen (secondary N) is 1. The third-order valence-electron chi connectivity index (χ3n) is 1.46. The Morgan fingerprint density at radius 1 is 1.17 bits per heavy atom. The first kappa shape index (κ1) is 11.9. The fourth-order valence-corrected chi connectivity index (χ4v) is 0.877. The minimum atomic E-state index is 0.0186. The molecule has 0 rings (SSSR count). The second-order valence-electron chi connectivity index (χ2n) is 4.06. The Hall–Kier alpha value is -0.0800. The molecule has 0 spiro atoms. The van der Waals surface area contributed by atoms with Crippen LogP contribution in [-0.2, 0) is 4.74 Å². The lowest BCUT2D eigenvalue weighted by molar-refractivity contribution is -0.00375. The number of hydrogen-bond acceptors (Lipinski definition) is 2. The van der Waals surface area contributed by atoms with Gasteiger partial charge in [-0.1, -0.05) is 6.92 Å². The van der Waals surface area contributed by atoms with Gasteiger partial charge in [0.2, 0.25) is 0 Å². The van der Waals surface area contributed by atoms with Crippen LogP contribution in [0.1, 0.15) is 40.5 Å². The van der Waals surface area contributed by atoms with Gasteiger partial charge in [0, 0.05) is 6.61 Å². The highest BCUT2D eigenvalue weighted by Crippen LogP contribution is 2.06. The van der Waals surface area contributed by atoms with E-state index in [2.05, 4.69) is 33.0 Å². The van der Waals surface area contributed by atoms with Gasteiger partial charge in [-0.3, -0.25) is 0 Å². The third-order valence-corrected chi connectivity index (χ3v) is 1.46. The van der Waals surface area contributed by atoms with E-state index in [0.29, 0.717) is 0 Å². The van der Waals surface area contributed by atoms with Gasteiger partial charge in [0.15, 0.2) is 0 Å². The average molecular weight is 173 g/mol. The van der Waals surface area contributed by atoms with E-state index >= 15 is 0 Å². The molecule has 0 heterocycles. The maximum Gasteiger partial charge on any atom is 0.0598 e. The van der Waals surface area contributed by atoms with Crippen LogP contribution in [0.25, 0.3) is 0 Å². The topological polar surface area (TPSA) is 21.3 Å². The zero-order valence-electron chi connectivity index (χ0n) is 8.94. The molecule has 0 fully saturated rings. The molecule has 0 aromatic carbocycles. The summed E-state index contributed by atoms with van der Waals surface area (Å²) in [6.07, 6.45) is 2.32. The van der Waals surface area contributed by atoms with Crippen LogP contribution in [0.15, 0.2) is 0 Å². The highest BCUT2D eigenvalue weighted by Gasteiger charge is 2.08. The first-order chi connectivity index (χ1) is 5.56. The van der Waals surface area contributed by atoms with Crippen molar-refractivity contribution in [1.29, 1.82) is 0 Å². The van der Waals surface area contributed by atoms with Crippen LogP contribution < -0.4 is 5.32 Å². The summed E-state index contributed by atoms with van der Waals surface area (Å²) in [5.74, 6) is 0. The summed E-state index contributed by atoms with van der Waals surface area (Å²) in [5, 5.41) is 3.34. The fourth-order valence-electron chi connectivity index (χ4n) is 0.877. The monoisotopic (exact) mass is 173 g/mol. The molecule has 0 amide bonds. The van der Waals surface area contributed by atoms with Crippen molar-refractivity contribution >= 4 is 0 Å². The van der Waals surface area contributed by atoms with Gasteiger partial charge in [-0.05, 0) is 46.7 Å². The first-order valence-corrected chi connectivity index (χ1v) is 4.91. The van der Waals surface area contributed by atoms with Gasteiger partial charge in [0.05, 0.1) is 5.60 Å². The second kappa shape index (κ2) is 6.44. The Balaban J connectivity index is 3.01. The minimum Gasteiger partial charge on any atom is -0.376 e. The summed E-state index contributed by atoms with van der Waals surface area (Å²) < 4.78 is 5.57. The van der Waals surface area contributed by atoms with Crippen molar-refractivity contribution in [2.45, 2.75) is 46.1 Å². The van der Waals surface area contributed by atoms with Gasteiger partial charge in [-0.2, -0.15) is 0 Å². The molecule has 0 aromatic rings. The molecule has 1 N–H and O–H groups in total. The largest absolute Gasteiger partial charge is 0.376 e. The van der Waals surface area contributed by atoms with E-state index in [1.807, 2.05) is 0 Å². The van der Waals surface area contributed by atoms with E-state index in [1.54, 1.807) is 0 Å². The molecular formula is C10H23NO. The van der Waals surface area contributed by atoms with Crippen LogP contribution in [0, 0.1) is 0 Å². The van der Waals surface area contributed by atoms with Crippen LogP contribution >= 0.6 is 0 Å². The third kappa shape index (κ3) is 9.92. The minimum absolute atomic E-state index is 0.0186. The normalized spacial score (nSPS) is 12.0. The van der Waals surface area contributed by atoms with Crippen LogP contribution in [0.4, 0.5) is 0 Å². The standard InChI is InChI=1S/C10H23NO/c1-5-7-11-8-6-9-12-10(2,3)4/h11H,5-9H2,1-4H3. The van der Waals surface area contributed by atoms with E-state index in [4.69, 9.17) is 4.74 Å². The number of hydrogen-bond donors (Lipinski definition) is 1. The molecule has 0 radical (unpaired) electrons. The quantitative estimate of drug-likeness (QED) is 0.622. The number of ether oxygens (including phenoxy) is 1. The summed E-state index contributed by atoms with van der Waals surface area (Å²) in [6, 6.07) is 0. The zero-order chi connectivity index (χ0) is 9.45. The van der Waals surface area contributed by atoms with Crippen molar-refractivity contribution in [3.05, 3.63) is 0 Å². The van der Waals surface area contributed by atoms with E-state index in [1.165, 1.54) is 6.42 Å². The van der Waals surface area contributed by atoms with E-state index in [0.717, 1.165) is 26.1 Å². The maximum atomic E-state index is 5.57. The lowest BCUT2D eigenvalue weighted by Crippen LogP contribution is -2.23. The SMILES string of the molecule is CCCNCCCOC(C)(C)C. The van der Waals surface area contributed by atoms with Crippen molar-refractivity contribution in [1.82, 2.24) is 5.32 Å². The predicted octanol–water partition coefficient (Wildman–Crippen LogP) is 2.19. The smallest absolute Gasteiger partial charge is 0.0598 e. The molecule has 0 unspecified atom stereocenters. The predicted molar refractivity (Wildman–Crippen MR) is 53.5 cm³/mol. The lowest BCUT2D eigenvalue weighted by Gasteiger charge is -2.19. The van der Waals surface area contributed by atoms with Gasteiger partial charge >= 0.3 is 0 Å². The highest BCUT2D eigenvalue weighted by molar-refractivity contribution is 4.58. The molecule has 0 aliphatic rings. The van der Waals surface area contributed by atoms with Gasteiger partial charge in [0.25, 0.3) is 0 Å². The molecule has 74 valence electrons.